The third kappa shape index (κ3) is 3.22. The predicted molar refractivity (Wildman–Crippen MR) is 101 cm³/mol. The molecule has 1 atom stereocenters. The molecule has 2 N–H and O–H groups in total. The highest BCUT2D eigenvalue weighted by atomic mass is 16.5. The molecular weight excluding hydrogens is 342 g/mol. The summed E-state index contributed by atoms with van der Waals surface area (Å²) in [5.74, 6) is 3.21. The zero-order valence-corrected chi connectivity index (χ0v) is 15.8. The molecule has 6 heteroatoms. The Labute approximate surface area is 159 Å². The van der Waals surface area contributed by atoms with Crippen molar-refractivity contribution in [3.05, 3.63) is 27.9 Å². The lowest BCUT2D eigenvalue weighted by Crippen LogP contribution is -2.50. The second kappa shape index (κ2) is 6.73. The average molecular weight is 371 g/mol. The minimum atomic E-state index is -0.327. The number of ether oxygens (including phenoxy) is 1. The smallest absolute Gasteiger partial charge is 0.263 e. The monoisotopic (exact) mass is 371 g/mol. The maximum atomic E-state index is 12.6. The van der Waals surface area contributed by atoms with Gasteiger partial charge in [0.15, 0.2) is 0 Å². The molecule has 0 spiro atoms. The van der Waals surface area contributed by atoms with Gasteiger partial charge < -0.3 is 15.0 Å². The van der Waals surface area contributed by atoms with E-state index in [2.05, 4.69) is 15.3 Å². The lowest BCUT2D eigenvalue weighted by atomic mass is 9.49. The molecule has 1 saturated heterocycles. The molecule has 1 amide bonds. The first kappa shape index (κ1) is 17.4. The Morgan fingerprint density at radius 2 is 1.93 bits per heavy atom. The summed E-state index contributed by atoms with van der Waals surface area (Å²) >= 11 is 0. The van der Waals surface area contributed by atoms with Gasteiger partial charge in [0.25, 0.3) is 11.5 Å². The van der Waals surface area contributed by atoms with E-state index in [-0.39, 0.29) is 22.4 Å². The predicted octanol–water partition coefficient (Wildman–Crippen LogP) is 2.39. The van der Waals surface area contributed by atoms with Gasteiger partial charge in [-0.25, -0.2) is 4.98 Å². The van der Waals surface area contributed by atoms with E-state index in [0.29, 0.717) is 19.1 Å². The highest BCUT2D eigenvalue weighted by Gasteiger charge is 2.52. The molecule has 1 aromatic heterocycles. The van der Waals surface area contributed by atoms with Crippen LogP contribution in [0.15, 0.2) is 11.0 Å². The first-order valence-corrected chi connectivity index (χ1v) is 10.6. The van der Waals surface area contributed by atoms with Crippen molar-refractivity contribution < 1.29 is 9.53 Å². The normalized spacial score (nSPS) is 37.3. The molecule has 4 bridgehead atoms. The molecule has 0 aromatic carbocycles. The average Bonchev–Trinajstić information content (AvgIpc) is 2.66. The van der Waals surface area contributed by atoms with E-state index in [1.54, 1.807) is 0 Å². The fraction of sp³-hybridized carbons (Fsp3) is 0.762. The van der Waals surface area contributed by atoms with Gasteiger partial charge in [-0.3, -0.25) is 9.59 Å². The van der Waals surface area contributed by atoms with E-state index in [1.807, 2.05) is 0 Å². The second-order valence-corrected chi connectivity index (χ2v) is 9.47. The van der Waals surface area contributed by atoms with Crippen LogP contribution in [0, 0.1) is 23.7 Å². The molecule has 1 unspecified atom stereocenters. The summed E-state index contributed by atoms with van der Waals surface area (Å²) in [6.07, 6.45) is 11.1. The number of H-pyrrole nitrogens is 1. The SMILES string of the molecule is O=C(NCC1CCCOC1)c1cnc(C23CC4CC(CC(C4)C2)C3)[nH]c1=O. The highest BCUT2D eigenvalue weighted by molar-refractivity contribution is 5.93. The van der Waals surface area contributed by atoms with Crippen LogP contribution in [0.25, 0.3) is 0 Å². The Morgan fingerprint density at radius 1 is 1.22 bits per heavy atom. The fourth-order valence-electron chi connectivity index (χ4n) is 6.53. The Morgan fingerprint density at radius 3 is 2.52 bits per heavy atom. The quantitative estimate of drug-likeness (QED) is 0.851. The van der Waals surface area contributed by atoms with Crippen LogP contribution in [0.5, 0.6) is 0 Å². The Bertz CT molecular complexity index is 746. The number of nitrogens with zero attached hydrogens (tertiary/aromatic N) is 1. The van der Waals surface area contributed by atoms with Crippen molar-refractivity contribution in [2.75, 3.05) is 19.8 Å². The maximum absolute atomic E-state index is 12.6. The van der Waals surface area contributed by atoms with E-state index in [9.17, 15) is 9.59 Å². The Kier molecular flexibility index (Phi) is 4.34. The fourth-order valence-corrected chi connectivity index (χ4v) is 6.53. The number of amides is 1. The van der Waals surface area contributed by atoms with Gasteiger partial charge >= 0.3 is 0 Å². The number of carbonyl (C=O) groups excluding carboxylic acids is 1. The molecule has 1 aromatic rings. The number of carbonyl (C=O) groups is 1. The number of hydrogen-bond donors (Lipinski definition) is 2. The highest BCUT2D eigenvalue weighted by Crippen LogP contribution is 2.59. The van der Waals surface area contributed by atoms with E-state index < -0.39 is 0 Å². The van der Waals surface area contributed by atoms with Crippen molar-refractivity contribution >= 4 is 5.91 Å². The molecule has 2 heterocycles. The van der Waals surface area contributed by atoms with Crippen molar-refractivity contribution in [2.24, 2.45) is 23.7 Å². The van der Waals surface area contributed by atoms with Gasteiger partial charge in [-0.2, -0.15) is 0 Å². The van der Waals surface area contributed by atoms with Gasteiger partial charge in [-0.05, 0) is 75.0 Å². The molecule has 5 fully saturated rings. The minimum absolute atomic E-state index is 0.0440. The molecule has 1 aliphatic heterocycles. The van der Waals surface area contributed by atoms with Gasteiger partial charge in [0.2, 0.25) is 0 Å². The maximum Gasteiger partial charge on any atom is 0.263 e. The van der Waals surface area contributed by atoms with Crippen LogP contribution in [-0.2, 0) is 10.2 Å². The number of aromatic nitrogens is 2. The lowest BCUT2D eigenvalue weighted by molar-refractivity contribution is -0.00954. The van der Waals surface area contributed by atoms with Crippen LogP contribution in [-0.4, -0.2) is 35.6 Å². The zero-order chi connectivity index (χ0) is 18.4. The van der Waals surface area contributed by atoms with Crippen LogP contribution in [0.2, 0.25) is 0 Å². The summed E-state index contributed by atoms with van der Waals surface area (Å²) in [7, 11) is 0. The molecular formula is C21H29N3O3. The van der Waals surface area contributed by atoms with Gasteiger partial charge in [-0.15, -0.1) is 0 Å². The second-order valence-electron chi connectivity index (χ2n) is 9.47. The first-order chi connectivity index (χ1) is 13.1. The summed E-state index contributed by atoms with van der Waals surface area (Å²) in [6.45, 7) is 2.04. The van der Waals surface area contributed by atoms with E-state index in [4.69, 9.17) is 4.74 Å². The zero-order valence-electron chi connectivity index (χ0n) is 15.8. The van der Waals surface area contributed by atoms with Crippen molar-refractivity contribution in [1.29, 1.82) is 0 Å². The summed E-state index contributed by atoms with van der Waals surface area (Å²) in [6, 6.07) is 0. The van der Waals surface area contributed by atoms with E-state index in [0.717, 1.165) is 62.3 Å². The largest absolute Gasteiger partial charge is 0.381 e. The van der Waals surface area contributed by atoms with Gasteiger partial charge in [0.1, 0.15) is 11.4 Å². The van der Waals surface area contributed by atoms with Crippen LogP contribution in [0.1, 0.15) is 67.5 Å². The number of rotatable bonds is 4. The topological polar surface area (TPSA) is 84.1 Å². The van der Waals surface area contributed by atoms with Gasteiger partial charge in [0, 0.05) is 24.8 Å². The summed E-state index contributed by atoms with van der Waals surface area (Å²) in [5.41, 5.74) is -0.129. The standard InChI is InChI=1S/C21H29N3O3/c25-18(22-10-13-2-1-3-27-12-13)17-11-23-20(24-19(17)26)21-7-14-4-15(8-21)6-16(5-14)9-21/h11,13-16H,1-10,12H2,(H,22,25)(H,23,24,26). The summed E-state index contributed by atoms with van der Waals surface area (Å²) in [5, 5.41) is 2.89. The first-order valence-electron chi connectivity index (χ1n) is 10.6. The van der Waals surface area contributed by atoms with Crippen molar-refractivity contribution in [3.8, 4) is 0 Å². The van der Waals surface area contributed by atoms with Crippen LogP contribution >= 0.6 is 0 Å². The van der Waals surface area contributed by atoms with Crippen LogP contribution in [0.4, 0.5) is 0 Å². The molecule has 5 aliphatic rings. The molecule has 4 saturated carbocycles. The molecule has 4 aliphatic carbocycles. The van der Waals surface area contributed by atoms with E-state index >= 15 is 0 Å². The van der Waals surface area contributed by atoms with Crippen molar-refractivity contribution in [3.63, 3.8) is 0 Å². The van der Waals surface area contributed by atoms with Crippen LogP contribution < -0.4 is 10.9 Å². The summed E-state index contributed by atoms with van der Waals surface area (Å²) < 4.78 is 5.44. The van der Waals surface area contributed by atoms with Crippen LogP contribution in [0.3, 0.4) is 0 Å². The van der Waals surface area contributed by atoms with Crippen molar-refractivity contribution in [2.45, 2.75) is 56.8 Å². The number of aromatic amines is 1. The lowest BCUT2D eigenvalue weighted by Gasteiger charge is -2.56. The Hall–Kier alpha value is -1.69. The number of nitrogens with one attached hydrogen (secondary N) is 2. The third-order valence-electron chi connectivity index (χ3n) is 7.39. The molecule has 27 heavy (non-hydrogen) atoms. The van der Waals surface area contributed by atoms with Gasteiger partial charge in [-0.1, -0.05) is 0 Å². The third-order valence-corrected chi connectivity index (χ3v) is 7.39. The Balaban J connectivity index is 1.31. The van der Waals surface area contributed by atoms with Gasteiger partial charge in [0.05, 0.1) is 6.61 Å². The van der Waals surface area contributed by atoms with E-state index in [1.165, 1.54) is 25.5 Å². The molecule has 146 valence electrons. The van der Waals surface area contributed by atoms with Crippen molar-refractivity contribution in [1.82, 2.24) is 15.3 Å². The number of hydrogen-bond acceptors (Lipinski definition) is 4. The minimum Gasteiger partial charge on any atom is -0.381 e. The molecule has 0 radical (unpaired) electrons. The molecule has 6 nitrogen and oxygen atoms in total. The summed E-state index contributed by atoms with van der Waals surface area (Å²) in [4.78, 5) is 32.7. The molecule has 6 rings (SSSR count).